The topological polar surface area (TPSA) is 44.8 Å². The van der Waals surface area contributed by atoms with Gasteiger partial charge in [0, 0.05) is 19.8 Å². The molecule has 0 bridgehead atoms. The van der Waals surface area contributed by atoms with Crippen molar-refractivity contribution in [1.29, 1.82) is 0 Å². The monoisotopic (exact) mass is 216 g/mol. The van der Waals surface area contributed by atoms with Crippen LogP contribution in [-0.4, -0.2) is 39.0 Å². The zero-order valence-electron chi connectivity index (χ0n) is 9.37. The van der Waals surface area contributed by atoms with Gasteiger partial charge in [-0.25, -0.2) is 0 Å². The van der Waals surface area contributed by atoms with E-state index >= 15 is 0 Å². The first-order chi connectivity index (χ1) is 7.33. The van der Waals surface area contributed by atoms with E-state index in [1.807, 2.05) is 0 Å². The van der Waals surface area contributed by atoms with E-state index in [-0.39, 0.29) is 5.97 Å². The Kier molecular flexibility index (Phi) is 6.36. The number of ether oxygens (including phenoxy) is 3. The van der Waals surface area contributed by atoms with Crippen LogP contribution in [0.3, 0.4) is 0 Å². The summed E-state index contributed by atoms with van der Waals surface area (Å²) in [5.74, 6) is 0.422. The lowest BCUT2D eigenvalue weighted by atomic mass is 10.0. The quantitative estimate of drug-likeness (QED) is 0.497. The van der Waals surface area contributed by atoms with Gasteiger partial charge in [0.25, 0.3) is 0 Å². The molecule has 0 saturated carbocycles. The molecule has 4 heteroatoms. The van der Waals surface area contributed by atoms with Gasteiger partial charge in [0.1, 0.15) is 0 Å². The van der Waals surface area contributed by atoms with Gasteiger partial charge in [-0.05, 0) is 25.7 Å². The van der Waals surface area contributed by atoms with Crippen molar-refractivity contribution in [2.45, 2.75) is 26.2 Å². The summed E-state index contributed by atoms with van der Waals surface area (Å²) in [6, 6.07) is 0. The van der Waals surface area contributed by atoms with Crippen molar-refractivity contribution in [1.82, 2.24) is 0 Å². The average molecular weight is 216 g/mol. The average Bonchev–Trinajstić information content (AvgIpc) is 2.26. The molecule has 1 rings (SSSR count). The number of carbonyl (C=O) groups excluding carboxylic acids is 1. The molecular weight excluding hydrogens is 196 g/mol. The minimum atomic E-state index is -0.176. The molecule has 4 nitrogen and oxygen atoms in total. The summed E-state index contributed by atoms with van der Waals surface area (Å²) >= 11 is 0. The highest BCUT2D eigenvalue weighted by atomic mass is 16.5. The molecule has 1 saturated heterocycles. The molecule has 0 unspecified atom stereocenters. The van der Waals surface area contributed by atoms with Crippen LogP contribution in [0.15, 0.2) is 0 Å². The van der Waals surface area contributed by atoms with Crippen LogP contribution >= 0.6 is 0 Å². The summed E-state index contributed by atoms with van der Waals surface area (Å²) in [7, 11) is 0. The molecule has 0 spiro atoms. The van der Waals surface area contributed by atoms with Crippen molar-refractivity contribution < 1.29 is 19.0 Å². The van der Waals surface area contributed by atoms with Gasteiger partial charge in [-0.3, -0.25) is 4.79 Å². The minimum Gasteiger partial charge on any atom is -0.466 e. The number of hydrogen-bond acceptors (Lipinski definition) is 4. The fraction of sp³-hybridized carbons (Fsp3) is 0.909. The lowest BCUT2D eigenvalue weighted by Crippen LogP contribution is -2.21. The van der Waals surface area contributed by atoms with Gasteiger partial charge < -0.3 is 14.2 Å². The largest absolute Gasteiger partial charge is 0.466 e. The predicted molar refractivity (Wildman–Crippen MR) is 55.6 cm³/mol. The van der Waals surface area contributed by atoms with Crippen LogP contribution in [0.1, 0.15) is 26.2 Å². The highest BCUT2D eigenvalue weighted by molar-refractivity contribution is 5.69. The Morgan fingerprint density at radius 1 is 1.40 bits per heavy atom. The maximum absolute atomic E-state index is 11.0. The fourth-order valence-electron chi connectivity index (χ4n) is 1.55. The Bertz CT molecular complexity index is 175. The molecule has 88 valence electrons. The van der Waals surface area contributed by atoms with Gasteiger partial charge in [-0.2, -0.15) is 0 Å². The molecular formula is C11H20O4. The van der Waals surface area contributed by atoms with E-state index in [4.69, 9.17) is 14.2 Å². The molecule has 0 amide bonds. The second kappa shape index (κ2) is 7.65. The first-order valence-corrected chi connectivity index (χ1v) is 5.64. The lowest BCUT2D eigenvalue weighted by molar-refractivity contribution is -0.144. The second-order valence-electron chi connectivity index (χ2n) is 3.69. The molecule has 15 heavy (non-hydrogen) atoms. The van der Waals surface area contributed by atoms with Crippen LogP contribution in [0, 0.1) is 5.92 Å². The molecule has 1 fully saturated rings. The van der Waals surface area contributed by atoms with E-state index in [9.17, 15) is 4.79 Å². The van der Waals surface area contributed by atoms with Crippen molar-refractivity contribution >= 4 is 5.97 Å². The van der Waals surface area contributed by atoms with E-state index in [1.54, 1.807) is 6.92 Å². The molecule has 0 aromatic rings. The molecule has 1 aliphatic heterocycles. The van der Waals surface area contributed by atoms with Crippen LogP contribution in [0.2, 0.25) is 0 Å². The maximum Gasteiger partial charge on any atom is 0.308 e. The van der Waals surface area contributed by atoms with Crippen LogP contribution < -0.4 is 0 Å². The van der Waals surface area contributed by atoms with E-state index in [0.717, 1.165) is 32.7 Å². The standard InChI is InChI=1S/C11H20O4/c1-2-15-11(12)5-8-14-9-10-3-6-13-7-4-10/h10H,2-9H2,1H3. The Morgan fingerprint density at radius 3 is 2.80 bits per heavy atom. The Labute approximate surface area is 90.9 Å². The summed E-state index contributed by atoms with van der Waals surface area (Å²) in [4.78, 5) is 11.0. The highest BCUT2D eigenvalue weighted by Gasteiger charge is 2.13. The summed E-state index contributed by atoms with van der Waals surface area (Å²) in [5.41, 5.74) is 0. The molecule has 0 atom stereocenters. The van der Waals surface area contributed by atoms with Crippen molar-refractivity contribution in [2.24, 2.45) is 5.92 Å². The first-order valence-electron chi connectivity index (χ1n) is 5.64. The molecule has 1 aliphatic rings. The highest BCUT2D eigenvalue weighted by Crippen LogP contribution is 2.14. The zero-order valence-corrected chi connectivity index (χ0v) is 9.37. The molecule has 0 radical (unpaired) electrons. The van der Waals surface area contributed by atoms with Crippen LogP contribution in [-0.2, 0) is 19.0 Å². The number of rotatable bonds is 6. The SMILES string of the molecule is CCOC(=O)CCOCC1CCOCC1. The van der Waals surface area contributed by atoms with Crippen molar-refractivity contribution in [3.8, 4) is 0 Å². The maximum atomic E-state index is 11.0. The summed E-state index contributed by atoms with van der Waals surface area (Å²) in [5, 5.41) is 0. The third-order valence-electron chi connectivity index (χ3n) is 2.45. The van der Waals surface area contributed by atoms with E-state index < -0.39 is 0 Å². The van der Waals surface area contributed by atoms with Crippen molar-refractivity contribution in [3.63, 3.8) is 0 Å². The predicted octanol–water partition coefficient (Wildman–Crippen LogP) is 1.38. The van der Waals surface area contributed by atoms with Crippen LogP contribution in [0.25, 0.3) is 0 Å². The van der Waals surface area contributed by atoms with E-state index in [0.29, 0.717) is 25.6 Å². The van der Waals surface area contributed by atoms with Gasteiger partial charge >= 0.3 is 5.97 Å². The van der Waals surface area contributed by atoms with E-state index in [1.165, 1.54) is 0 Å². The van der Waals surface area contributed by atoms with Crippen LogP contribution in [0.5, 0.6) is 0 Å². The molecule has 0 aliphatic carbocycles. The molecule has 0 aromatic heterocycles. The zero-order chi connectivity index (χ0) is 10.9. The number of hydrogen-bond donors (Lipinski definition) is 0. The third-order valence-corrected chi connectivity index (χ3v) is 2.45. The van der Waals surface area contributed by atoms with Gasteiger partial charge in [-0.1, -0.05) is 0 Å². The number of carbonyl (C=O) groups is 1. The molecule has 0 aromatic carbocycles. The Balaban J connectivity index is 1.93. The van der Waals surface area contributed by atoms with Gasteiger partial charge in [0.05, 0.1) is 19.6 Å². The van der Waals surface area contributed by atoms with Gasteiger partial charge in [0.15, 0.2) is 0 Å². The third kappa shape index (κ3) is 5.74. The molecule has 1 heterocycles. The second-order valence-corrected chi connectivity index (χ2v) is 3.69. The smallest absolute Gasteiger partial charge is 0.308 e. The van der Waals surface area contributed by atoms with Crippen molar-refractivity contribution in [2.75, 3.05) is 33.0 Å². The van der Waals surface area contributed by atoms with E-state index in [2.05, 4.69) is 0 Å². The fourth-order valence-corrected chi connectivity index (χ4v) is 1.55. The summed E-state index contributed by atoms with van der Waals surface area (Å²) < 4.78 is 15.5. The van der Waals surface area contributed by atoms with Gasteiger partial charge in [0.2, 0.25) is 0 Å². The minimum absolute atomic E-state index is 0.176. The Morgan fingerprint density at radius 2 is 2.13 bits per heavy atom. The lowest BCUT2D eigenvalue weighted by Gasteiger charge is -2.21. The summed E-state index contributed by atoms with van der Waals surface area (Å²) in [6.07, 6.45) is 2.50. The Hall–Kier alpha value is -0.610. The normalized spacial score (nSPS) is 17.7. The van der Waals surface area contributed by atoms with Crippen molar-refractivity contribution in [3.05, 3.63) is 0 Å². The molecule has 0 N–H and O–H groups in total. The van der Waals surface area contributed by atoms with Crippen LogP contribution in [0.4, 0.5) is 0 Å². The first kappa shape index (κ1) is 12.5. The number of esters is 1. The summed E-state index contributed by atoms with van der Waals surface area (Å²) in [6.45, 7) is 5.14. The van der Waals surface area contributed by atoms with Gasteiger partial charge in [-0.15, -0.1) is 0 Å².